The van der Waals surface area contributed by atoms with E-state index in [1.54, 1.807) is 35.0 Å². The summed E-state index contributed by atoms with van der Waals surface area (Å²) < 4.78 is 1.70. The van der Waals surface area contributed by atoms with E-state index in [-0.39, 0.29) is 10.8 Å². The highest BCUT2D eigenvalue weighted by Gasteiger charge is 2.25. The van der Waals surface area contributed by atoms with Gasteiger partial charge in [-0.15, -0.1) is 0 Å². The van der Waals surface area contributed by atoms with Crippen molar-refractivity contribution in [2.45, 2.75) is 18.8 Å². The number of hydrogen-bond donors (Lipinski definition) is 0. The maximum absolute atomic E-state index is 11.3. The number of hydrogen-bond acceptors (Lipinski definition) is 4. The van der Waals surface area contributed by atoms with Gasteiger partial charge in [0.15, 0.2) is 6.29 Å². The van der Waals surface area contributed by atoms with Gasteiger partial charge in [-0.05, 0) is 49.2 Å². The minimum atomic E-state index is 0.173. The molecule has 0 unspecified atom stereocenters. The smallest absolute Gasteiger partial charge is 0.171 e. The van der Waals surface area contributed by atoms with Crippen LogP contribution in [0.2, 0.25) is 5.15 Å². The number of carbonyl (C=O) groups excluding carboxylic acids is 1. The number of aldehydes is 1. The molecule has 2 aromatic heterocycles. The van der Waals surface area contributed by atoms with Crippen molar-refractivity contribution >= 4 is 17.9 Å². The SMILES string of the molecule is N#Cc1ccc(-c2nc(C=O)c(Cl)n2-c2ccc(C3CC3)nc2)cc1. The molecule has 1 aliphatic rings. The molecule has 3 aromatic rings. The molecule has 0 N–H and O–H groups in total. The maximum atomic E-state index is 11.3. The molecule has 6 heteroatoms. The van der Waals surface area contributed by atoms with E-state index in [1.165, 1.54) is 12.8 Å². The third-order valence-electron chi connectivity index (χ3n) is 4.25. The molecule has 0 radical (unpaired) electrons. The molecule has 2 heterocycles. The van der Waals surface area contributed by atoms with E-state index < -0.39 is 0 Å². The van der Waals surface area contributed by atoms with Crippen LogP contribution in [0.15, 0.2) is 42.6 Å². The summed E-state index contributed by atoms with van der Waals surface area (Å²) in [5.41, 5.74) is 3.32. The second kappa shape index (κ2) is 6.15. The molecule has 122 valence electrons. The molecule has 1 aliphatic carbocycles. The van der Waals surface area contributed by atoms with Gasteiger partial charge in [-0.25, -0.2) is 4.98 Å². The Labute approximate surface area is 149 Å². The zero-order valence-electron chi connectivity index (χ0n) is 13.2. The first-order valence-electron chi connectivity index (χ1n) is 7.91. The number of nitriles is 1. The molecular formula is C19H13ClN4O. The van der Waals surface area contributed by atoms with E-state index in [2.05, 4.69) is 16.0 Å². The molecule has 1 aromatic carbocycles. The second-order valence-electron chi connectivity index (χ2n) is 5.97. The average molecular weight is 349 g/mol. The van der Waals surface area contributed by atoms with Crippen molar-refractivity contribution in [1.29, 1.82) is 5.26 Å². The maximum Gasteiger partial charge on any atom is 0.171 e. The number of benzene rings is 1. The second-order valence-corrected chi connectivity index (χ2v) is 6.33. The van der Waals surface area contributed by atoms with Gasteiger partial charge in [0, 0.05) is 17.2 Å². The highest BCUT2D eigenvalue weighted by atomic mass is 35.5. The third kappa shape index (κ3) is 2.81. The first kappa shape index (κ1) is 15.6. The normalized spacial score (nSPS) is 13.4. The van der Waals surface area contributed by atoms with Crippen LogP contribution in [0.1, 0.15) is 40.5 Å². The number of aromatic nitrogens is 3. The van der Waals surface area contributed by atoms with Crippen LogP contribution in [0, 0.1) is 11.3 Å². The average Bonchev–Trinajstić information content (AvgIpc) is 3.45. The Balaban J connectivity index is 1.83. The van der Waals surface area contributed by atoms with Crippen LogP contribution < -0.4 is 0 Å². The van der Waals surface area contributed by atoms with Gasteiger partial charge in [-0.2, -0.15) is 5.26 Å². The summed E-state index contributed by atoms with van der Waals surface area (Å²) in [6.45, 7) is 0. The van der Waals surface area contributed by atoms with Gasteiger partial charge in [-0.3, -0.25) is 14.3 Å². The molecule has 1 saturated carbocycles. The van der Waals surface area contributed by atoms with Crippen molar-refractivity contribution in [3.63, 3.8) is 0 Å². The van der Waals surface area contributed by atoms with Gasteiger partial charge in [0.05, 0.1) is 23.5 Å². The minimum Gasteiger partial charge on any atom is -0.296 e. The monoisotopic (exact) mass is 348 g/mol. The van der Waals surface area contributed by atoms with E-state index in [4.69, 9.17) is 16.9 Å². The Hall–Kier alpha value is -2.97. The van der Waals surface area contributed by atoms with Crippen LogP contribution in [-0.4, -0.2) is 20.8 Å². The van der Waals surface area contributed by atoms with E-state index in [0.29, 0.717) is 23.6 Å². The van der Waals surface area contributed by atoms with Crippen LogP contribution in [0.25, 0.3) is 17.1 Å². The Morgan fingerprint density at radius 3 is 2.52 bits per heavy atom. The Morgan fingerprint density at radius 2 is 1.96 bits per heavy atom. The lowest BCUT2D eigenvalue weighted by atomic mass is 10.1. The van der Waals surface area contributed by atoms with E-state index in [9.17, 15) is 4.79 Å². The molecule has 5 nitrogen and oxygen atoms in total. The number of halogens is 1. The molecule has 0 bridgehead atoms. The molecule has 0 aliphatic heterocycles. The molecule has 4 rings (SSSR count). The third-order valence-corrected chi connectivity index (χ3v) is 4.62. The first-order valence-corrected chi connectivity index (χ1v) is 8.29. The fourth-order valence-corrected chi connectivity index (χ4v) is 3.03. The molecule has 0 amide bonds. The zero-order chi connectivity index (χ0) is 17.4. The summed E-state index contributed by atoms with van der Waals surface area (Å²) in [5.74, 6) is 1.11. The quantitative estimate of drug-likeness (QED) is 0.664. The molecule has 0 saturated heterocycles. The summed E-state index contributed by atoms with van der Waals surface area (Å²) in [7, 11) is 0. The van der Waals surface area contributed by atoms with Crippen LogP contribution in [-0.2, 0) is 0 Å². The standard InChI is InChI=1S/C19H13ClN4O/c20-18-17(11-25)23-19(14-3-1-12(9-21)2-4-14)24(18)15-7-8-16(22-10-15)13-5-6-13/h1-4,7-8,10-11,13H,5-6H2. The number of carbonyl (C=O) groups is 1. The van der Waals surface area contributed by atoms with Crippen LogP contribution in [0.5, 0.6) is 0 Å². The predicted molar refractivity (Wildman–Crippen MR) is 93.9 cm³/mol. The summed E-state index contributed by atoms with van der Waals surface area (Å²) in [4.78, 5) is 20.2. The molecular weight excluding hydrogens is 336 g/mol. The van der Waals surface area contributed by atoms with Crippen molar-refractivity contribution in [3.8, 4) is 23.1 Å². The highest BCUT2D eigenvalue weighted by molar-refractivity contribution is 6.32. The first-order chi connectivity index (χ1) is 12.2. The lowest BCUT2D eigenvalue weighted by molar-refractivity contribution is 0.111. The fraction of sp³-hybridized carbons (Fsp3) is 0.158. The van der Waals surface area contributed by atoms with Crippen molar-refractivity contribution in [2.24, 2.45) is 0 Å². The lowest BCUT2D eigenvalue weighted by Crippen LogP contribution is -1.99. The van der Waals surface area contributed by atoms with Gasteiger partial charge in [0.2, 0.25) is 0 Å². The number of imidazole rings is 1. The fourth-order valence-electron chi connectivity index (χ4n) is 2.77. The van der Waals surface area contributed by atoms with Crippen molar-refractivity contribution < 1.29 is 4.79 Å². The van der Waals surface area contributed by atoms with Gasteiger partial charge in [0.1, 0.15) is 16.7 Å². The van der Waals surface area contributed by atoms with Gasteiger partial charge >= 0.3 is 0 Å². The highest BCUT2D eigenvalue weighted by Crippen LogP contribution is 2.39. The summed E-state index contributed by atoms with van der Waals surface area (Å²) in [5, 5.41) is 9.19. The Bertz CT molecular complexity index is 980. The van der Waals surface area contributed by atoms with Crippen molar-refractivity contribution in [1.82, 2.24) is 14.5 Å². The van der Waals surface area contributed by atoms with E-state index >= 15 is 0 Å². The number of pyridine rings is 1. The van der Waals surface area contributed by atoms with Crippen LogP contribution >= 0.6 is 11.6 Å². The number of rotatable bonds is 4. The minimum absolute atomic E-state index is 0.173. The summed E-state index contributed by atoms with van der Waals surface area (Å²) in [6, 6.07) is 13.0. The van der Waals surface area contributed by atoms with Crippen molar-refractivity contribution in [3.05, 3.63) is 64.7 Å². The van der Waals surface area contributed by atoms with Crippen LogP contribution in [0.3, 0.4) is 0 Å². The largest absolute Gasteiger partial charge is 0.296 e. The van der Waals surface area contributed by atoms with Crippen molar-refractivity contribution in [2.75, 3.05) is 0 Å². The summed E-state index contributed by atoms with van der Waals surface area (Å²) >= 11 is 6.38. The Kier molecular flexibility index (Phi) is 3.83. The predicted octanol–water partition coefficient (Wildman–Crippen LogP) is 4.15. The lowest BCUT2D eigenvalue weighted by Gasteiger charge is -2.10. The van der Waals surface area contributed by atoms with E-state index in [1.807, 2.05) is 12.1 Å². The molecule has 0 atom stereocenters. The topological polar surface area (TPSA) is 71.6 Å². The van der Waals surface area contributed by atoms with E-state index in [0.717, 1.165) is 16.9 Å². The molecule has 1 fully saturated rings. The number of nitrogens with zero attached hydrogens (tertiary/aromatic N) is 4. The molecule has 25 heavy (non-hydrogen) atoms. The van der Waals surface area contributed by atoms with Gasteiger partial charge in [-0.1, -0.05) is 11.6 Å². The molecule has 0 spiro atoms. The van der Waals surface area contributed by atoms with Gasteiger partial charge < -0.3 is 0 Å². The zero-order valence-corrected chi connectivity index (χ0v) is 13.9. The Morgan fingerprint density at radius 1 is 1.20 bits per heavy atom. The summed E-state index contributed by atoms with van der Waals surface area (Å²) in [6.07, 6.45) is 4.76. The van der Waals surface area contributed by atoms with Crippen LogP contribution in [0.4, 0.5) is 0 Å². The van der Waals surface area contributed by atoms with Gasteiger partial charge in [0.25, 0.3) is 0 Å².